The molecule has 2 unspecified atom stereocenters. The second-order valence-corrected chi connectivity index (χ2v) is 8.27. The van der Waals surface area contributed by atoms with Crippen molar-refractivity contribution < 1.29 is 18.1 Å². The maximum Gasteiger partial charge on any atom is 0.276 e. The molecule has 1 aliphatic heterocycles. The van der Waals surface area contributed by atoms with Crippen molar-refractivity contribution >= 4 is 22.6 Å². The van der Waals surface area contributed by atoms with Gasteiger partial charge in [0, 0.05) is 18.9 Å². The fourth-order valence-electron chi connectivity index (χ4n) is 3.07. The van der Waals surface area contributed by atoms with Gasteiger partial charge < -0.3 is 14.6 Å². The van der Waals surface area contributed by atoms with E-state index in [1.165, 1.54) is 16.7 Å². The van der Waals surface area contributed by atoms with E-state index in [2.05, 4.69) is 16.6 Å². The van der Waals surface area contributed by atoms with Crippen molar-refractivity contribution in [1.29, 1.82) is 5.26 Å². The van der Waals surface area contributed by atoms with Gasteiger partial charge >= 0.3 is 0 Å². The van der Waals surface area contributed by atoms with Gasteiger partial charge in [0.25, 0.3) is 5.91 Å². The summed E-state index contributed by atoms with van der Waals surface area (Å²) in [5.74, 6) is -0.946. The summed E-state index contributed by atoms with van der Waals surface area (Å²) in [5, 5.41) is 11.6. The summed E-state index contributed by atoms with van der Waals surface area (Å²) in [6, 6.07) is 5.46. The fourth-order valence-corrected chi connectivity index (χ4v) is 4.37. The van der Waals surface area contributed by atoms with Crippen molar-refractivity contribution in [2.75, 3.05) is 11.9 Å². The predicted octanol–water partition coefficient (Wildman–Crippen LogP) is 3.02. The van der Waals surface area contributed by atoms with Gasteiger partial charge in [0.05, 0.1) is 11.1 Å². The molecule has 0 saturated carbocycles. The molecule has 2 heterocycles. The number of rotatable bonds is 5. The summed E-state index contributed by atoms with van der Waals surface area (Å²) >= 11 is 0. The number of hydrogen-bond acceptors (Lipinski definition) is 4. The van der Waals surface area contributed by atoms with Crippen LogP contribution in [0.5, 0.6) is 5.75 Å². The number of ether oxygens (including phenoxy) is 1. The molecule has 2 aromatic rings. The van der Waals surface area contributed by atoms with Crippen LogP contribution in [0.1, 0.15) is 35.8 Å². The SMILES string of the molecule is C=CCCC1(C)COc2c(cn(C)c2C(=O)Nc2ccc(F)c(C#N)c2)S(=O)N1. The van der Waals surface area contributed by atoms with Crippen LogP contribution < -0.4 is 14.8 Å². The zero-order valence-electron chi connectivity index (χ0n) is 16.1. The average molecular weight is 416 g/mol. The van der Waals surface area contributed by atoms with Crippen molar-refractivity contribution in [3.8, 4) is 11.8 Å². The van der Waals surface area contributed by atoms with E-state index < -0.39 is 28.2 Å². The van der Waals surface area contributed by atoms with Gasteiger partial charge in [-0.3, -0.25) is 4.79 Å². The van der Waals surface area contributed by atoms with Gasteiger partial charge in [-0.2, -0.15) is 5.26 Å². The summed E-state index contributed by atoms with van der Waals surface area (Å²) < 4.78 is 36.9. The van der Waals surface area contributed by atoms with Crippen LogP contribution in [0.25, 0.3) is 0 Å². The first-order chi connectivity index (χ1) is 13.8. The topological polar surface area (TPSA) is 96.2 Å². The van der Waals surface area contributed by atoms with Crippen LogP contribution in [0, 0.1) is 17.1 Å². The van der Waals surface area contributed by atoms with E-state index in [0.717, 1.165) is 12.5 Å². The Hall–Kier alpha value is -2.96. The molecule has 1 aliphatic rings. The molecule has 1 amide bonds. The Bertz CT molecular complexity index is 1040. The molecule has 1 aromatic carbocycles. The third-order valence-corrected chi connectivity index (χ3v) is 6.00. The molecular formula is C20H21FN4O3S. The van der Waals surface area contributed by atoms with E-state index in [-0.39, 0.29) is 29.3 Å². The van der Waals surface area contributed by atoms with Crippen LogP contribution in [0.3, 0.4) is 0 Å². The zero-order chi connectivity index (χ0) is 21.2. The van der Waals surface area contributed by atoms with Crippen molar-refractivity contribution in [2.24, 2.45) is 7.05 Å². The Kier molecular flexibility index (Phi) is 5.86. The lowest BCUT2D eigenvalue weighted by Gasteiger charge is -2.27. The quantitative estimate of drug-likeness (QED) is 0.733. The zero-order valence-corrected chi connectivity index (χ0v) is 16.9. The highest BCUT2D eigenvalue weighted by Gasteiger charge is 2.35. The van der Waals surface area contributed by atoms with Crippen molar-refractivity contribution in [1.82, 2.24) is 9.29 Å². The van der Waals surface area contributed by atoms with Gasteiger partial charge in [-0.05, 0) is 38.0 Å². The number of fused-ring (bicyclic) bond motifs is 1. The molecule has 1 aromatic heterocycles. The highest BCUT2D eigenvalue weighted by atomic mass is 32.2. The van der Waals surface area contributed by atoms with Crippen LogP contribution in [0.4, 0.5) is 10.1 Å². The molecule has 0 spiro atoms. The first-order valence-electron chi connectivity index (χ1n) is 8.91. The standard InChI is InChI=1S/C20H21FN4O3S/c1-4-5-8-20(2)12-28-18-16(29(27)24-20)11-25(3)17(18)19(26)23-14-6-7-15(21)13(9-14)10-22/h4,6-7,9,11,24H,1,5,8,12H2,2-3H3,(H,23,26). The number of aryl methyl sites for hydroxylation is 1. The molecule has 3 rings (SSSR count). The van der Waals surface area contributed by atoms with Gasteiger partial charge in [-0.15, -0.1) is 6.58 Å². The first kappa shape index (κ1) is 20.8. The Morgan fingerprint density at radius 1 is 1.59 bits per heavy atom. The lowest BCUT2D eigenvalue weighted by molar-refractivity contribution is 0.101. The minimum atomic E-state index is -1.57. The van der Waals surface area contributed by atoms with Crippen LogP contribution in [0.15, 0.2) is 41.9 Å². The normalized spacial score (nSPS) is 20.7. The molecule has 7 nitrogen and oxygen atoms in total. The molecule has 0 saturated heterocycles. The van der Waals surface area contributed by atoms with Crippen LogP contribution >= 0.6 is 0 Å². The predicted molar refractivity (Wildman–Crippen MR) is 107 cm³/mol. The molecule has 0 radical (unpaired) electrons. The van der Waals surface area contributed by atoms with Gasteiger partial charge in [0.2, 0.25) is 0 Å². The van der Waals surface area contributed by atoms with Crippen LogP contribution in [0.2, 0.25) is 0 Å². The van der Waals surface area contributed by atoms with Gasteiger partial charge in [0.1, 0.15) is 34.4 Å². The third-order valence-electron chi connectivity index (χ3n) is 4.64. The third kappa shape index (κ3) is 4.23. The van der Waals surface area contributed by atoms with E-state index in [4.69, 9.17) is 10.00 Å². The highest BCUT2D eigenvalue weighted by molar-refractivity contribution is 7.83. The van der Waals surface area contributed by atoms with E-state index in [1.807, 2.05) is 6.92 Å². The number of aromatic nitrogens is 1. The summed E-state index contributed by atoms with van der Waals surface area (Å²) in [6.07, 6.45) is 4.76. The number of allylic oxidation sites excluding steroid dienone is 1. The average Bonchev–Trinajstić information content (AvgIpc) is 2.97. The molecule has 9 heteroatoms. The monoisotopic (exact) mass is 416 g/mol. The van der Waals surface area contributed by atoms with Gasteiger partial charge in [-0.25, -0.2) is 13.3 Å². The van der Waals surface area contributed by atoms with Gasteiger partial charge in [-0.1, -0.05) is 6.08 Å². The number of nitriles is 1. The number of hydrogen-bond donors (Lipinski definition) is 2. The number of anilines is 1. The van der Waals surface area contributed by atoms with Crippen LogP contribution in [-0.4, -0.2) is 26.8 Å². The Balaban J connectivity index is 1.90. The van der Waals surface area contributed by atoms with Crippen molar-refractivity contribution in [3.05, 3.63) is 54.1 Å². The molecule has 2 N–H and O–H groups in total. The molecule has 0 aliphatic carbocycles. The largest absolute Gasteiger partial charge is 0.488 e. The van der Waals surface area contributed by atoms with E-state index in [9.17, 15) is 13.4 Å². The summed E-state index contributed by atoms with van der Waals surface area (Å²) in [4.78, 5) is 13.3. The minimum absolute atomic E-state index is 0.173. The number of halogens is 1. The van der Waals surface area contributed by atoms with E-state index >= 15 is 0 Å². The molecule has 152 valence electrons. The number of benzene rings is 1. The molecule has 0 bridgehead atoms. The van der Waals surface area contributed by atoms with Crippen molar-refractivity contribution in [3.63, 3.8) is 0 Å². The van der Waals surface area contributed by atoms with E-state index in [0.29, 0.717) is 11.3 Å². The van der Waals surface area contributed by atoms with Gasteiger partial charge in [0.15, 0.2) is 11.4 Å². The Labute approximate surface area is 170 Å². The number of nitrogens with one attached hydrogen (secondary N) is 2. The first-order valence-corrected chi connectivity index (χ1v) is 10.1. The molecule has 0 fully saturated rings. The Morgan fingerprint density at radius 3 is 3.03 bits per heavy atom. The number of amides is 1. The second kappa shape index (κ2) is 8.19. The molecule has 29 heavy (non-hydrogen) atoms. The van der Waals surface area contributed by atoms with Crippen LogP contribution in [-0.2, 0) is 18.0 Å². The maximum atomic E-state index is 13.5. The minimum Gasteiger partial charge on any atom is -0.488 e. The molecule has 2 atom stereocenters. The smallest absolute Gasteiger partial charge is 0.276 e. The van der Waals surface area contributed by atoms with Crippen molar-refractivity contribution in [2.45, 2.75) is 30.2 Å². The van der Waals surface area contributed by atoms with E-state index in [1.54, 1.807) is 25.4 Å². The number of carbonyl (C=O) groups is 1. The summed E-state index contributed by atoms with van der Waals surface area (Å²) in [7, 11) is 0.0764. The number of nitrogens with zero attached hydrogens (tertiary/aromatic N) is 2. The summed E-state index contributed by atoms with van der Waals surface area (Å²) in [5.41, 5.74) is -0.263. The highest BCUT2D eigenvalue weighted by Crippen LogP contribution is 2.34. The summed E-state index contributed by atoms with van der Waals surface area (Å²) in [6.45, 7) is 5.84. The molecular weight excluding hydrogens is 395 g/mol. The fraction of sp³-hybridized carbons (Fsp3) is 0.300. The maximum absolute atomic E-state index is 13.5. The Morgan fingerprint density at radius 2 is 2.34 bits per heavy atom. The lowest BCUT2D eigenvalue weighted by Crippen LogP contribution is -2.46. The number of carbonyl (C=O) groups excluding carboxylic acids is 1. The second-order valence-electron chi connectivity index (χ2n) is 7.09. The lowest BCUT2D eigenvalue weighted by atomic mass is 9.98.